The number of aliphatic hydroxyl groups is 3. The van der Waals surface area contributed by atoms with Crippen molar-refractivity contribution in [3.8, 4) is 5.75 Å². The van der Waals surface area contributed by atoms with Crippen LogP contribution < -0.4 is 5.73 Å². The Morgan fingerprint density at radius 2 is 1.89 bits per heavy atom. The highest BCUT2D eigenvalue weighted by atomic mass is 19.1. The van der Waals surface area contributed by atoms with Crippen LogP contribution in [0.3, 0.4) is 0 Å². The van der Waals surface area contributed by atoms with Gasteiger partial charge in [0, 0.05) is 40.8 Å². The summed E-state index contributed by atoms with van der Waals surface area (Å²) in [6, 6.07) is 0.677. The molecule has 2 fully saturated rings. The number of carbonyl (C=O) groups excluding carboxylic acids is 2. The molecule has 1 aromatic rings. The van der Waals surface area contributed by atoms with Gasteiger partial charge < -0.3 is 26.2 Å². The molecule has 0 radical (unpaired) electrons. The summed E-state index contributed by atoms with van der Waals surface area (Å²) >= 11 is 0. The number of hydrogen-bond acceptors (Lipinski definition) is 8. The molecule has 1 aromatic carbocycles. The lowest BCUT2D eigenvalue weighted by Crippen LogP contribution is -2.63. The zero-order valence-corrected chi connectivity index (χ0v) is 21.8. The Labute approximate surface area is 220 Å². The Bertz CT molecular complexity index is 1330. The third kappa shape index (κ3) is 3.54. The van der Waals surface area contributed by atoms with Gasteiger partial charge in [-0.15, -0.1) is 0 Å². The molecule has 4 aliphatic rings. The van der Waals surface area contributed by atoms with E-state index in [0.717, 1.165) is 19.3 Å². The van der Waals surface area contributed by atoms with Crippen molar-refractivity contribution in [1.29, 1.82) is 0 Å². The Hall–Kier alpha value is -3.21. The molecule has 0 saturated heterocycles. The van der Waals surface area contributed by atoms with Gasteiger partial charge in [0.25, 0.3) is 5.91 Å². The minimum atomic E-state index is -2.34. The number of rotatable bonds is 5. The molecule has 0 heterocycles. The number of halogens is 1. The number of phenols is 1. The minimum Gasteiger partial charge on any atom is -0.510 e. The van der Waals surface area contributed by atoms with Crippen molar-refractivity contribution in [3.63, 3.8) is 0 Å². The molecule has 2 saturated carbocycles. The number of phenolic OH excluding ortho intramolecular Hbond substituents is 1. The van der Waals surface area contributed by atoms with Gasteiger partial charge in [-0.3, -0.25) is 19.4 Å². The number of ketones is 1. The summed E-state index contributed by atoms with van der Waals surface area (Å²) < 4.78 is 15.9. The van der Waals surface area contributed by atoms with E-state index < -0.39 is 58.1 Å². The van der Waals surface area contributed by atoms with Crippen molar-refractivity contribution in [2.75, 3.05) is 21.1 Å². The molecule has 4 atom stereocenters. The van der Waals surface area contributed by atoms with Crippen molar-refractivity contribution in [2.24, 2.45) is 17.6 Å². The molecular weight excluding hydrogens is 493 g/mol. The molecule has 38 heavy (non-hydrogen) atoms. The smallest absolute Gasteiger partial charge is 0.252 e. The predicted octanol–water partition coefficient (Wildman–Crippen LogP) is 2.07. The fourth-order valence-electron chi connectivity index (χ4n) is 6.86. The van der Waals surface area contributed by atoms with Crippen LogP contribution in [0.1, 0.15) is 42.4 Å². The van der Waals surface area contributed by atoms with Crippen LogP contribution in [0.4, 0.5) is 4.39 Å². The highest BCUT2D eigenvalue weighted by Crippen LogP contribution is 2.54. The molecule has 5 rings (SSSR count). The maximum atomic E-state index is 15.9. The maximum absolute atomic E-state index is 15.9. The topological polar surface area (TPSA) is 148 Å². The average molecular weight is 528 g/mol. The Balaban J connectivity index is 1.62. The SMILES string of the molecule is C=C1C(C(N)=O)=C(O)[C@@H](N(C)C)[C@@H]2C[C@@H]3Cc4c(F)c(CN(C)C5CCC5)cc(O)c4C(O)=C3C(=O)[C@]12O. The van der Waals surface area contributed by atoms with Gasteiger partial charge in [0.15, 0.2) is 11.4 Å². The van der Waals surface area contributed by atoms with E-state index in [2.05, 4.69) is 6.58 Å². The van der Waals surface area contributed by atoms with Crippen molar-refractivity contribution in [1.82, 2.24) is 9.80 Å². The van der Waals surface area contributed by atoms with Crippen molar-refractivity contribution in [3.05, 3.63) is 57.6 Å². The molecular formula is C28H34FN3O6. The molecule has 0 spiro atoms. The number of nitrogens with zero attached hydrogens (tertiary/aromatic N) is 2. The summed E-state index contributed by atoms with van der Waals surface area (Å²) in [5.74, 6) is -5.50. The van der Waals surface area contributed by atoms with Crippen molar-refractivity contribution < 1.29 is 34.4 Å². The quantitative estimate of drug-likeness (QED) is 0.391. The van der Waals surface area contributed by atoms with Gasteiger partial charge >= 0.3 is 0 Å². The summed E-state index contributed by atoms with van der Waals surface area (Å²) in [5, 5.41) is 44.9. The lowest BCUT2D eigenvalue weighted by molar-refractivity contribution is -0.143. The first-order valence-electron chi connectivity index (χ1n) is 12.8. The third-order valence-electron chi connectivity index (χ3n) is 9.03. The Morgan fingerprint density at radius 3 is 2.45 bits per heavy atom. The molecule has 0 aromatic heterocycles. The van der Waals surface area contributed by atoms with E-state index in [4.69, 9.17) is 5.73 Å². The van der Waals surface area contributed by atoms with Crippen LogP contribution in [0.15, 0.2) is 35.1 Å². The minimum absolute atomic E-state index is 0.00714. The van der Waals surface area contributed by atoms with Crippen LogP contribution in [0.5, 0.6) is 5.75 Å². The number of primary amides is 1. The number of carbonyl (C=O) groups is 2. The van der Waals surface area contributed by atoms with Crippen molar-refractivity contribution in [2.45, 2.75) is 56.3 Å². The average Bonchev–Trinajstić information content (AvgIpc) is 2.77. The number of Topliss-reactive ketones (excluding diaryl/α,β-unsaturated/α-hetero) is 1. The van der Waals surface area contributed by atoms with Crippen LogP contribution in [0, 0.1) is 17.7 Å². The maximum Gasteiger partial charge on any atom is 0.252 e. The first kappa shape index (κ1) is 26.4. The molecule has 1 amide bonds. The molecule has 6 N–H and O–H groups in total. The van der Waals surface area contributed by atoms with E-state index >= 15 is 4.39 Å². The van der Waals surface area contributed by atoms with Gasteiger partial charge in [0.2, 0.25) is 0 Å². The van der Waals surface area contributed by atoms with Gasteiger partial charge in [-0.05, 0) is 58.8 Å². The number of benzene rings is 1. The lowest BCUT2D eigenvalue weighted by Gasteiger charge is -2.52. The summed E-state index contributed by atoms with van der Waals surface area (Å²) in [6.45, 7) is 4.03. The second kappa shape index (κ2) is 8.93. The molecule has 10 heteroatoms. The Morgan fingerprint density at radius 1 is 1.24 bits per heavy atom. The van der Waals surface area contributed by atoms with E-state index in [0.29, 0.717) is 11.6 Å². The summed E-state index contributed by atoms with van der Waals surface area (Å²) in [4.78, 5) is 29.7. The predicted molar refractivity (Wildman–Crippen MR) is 137 cm³/mol. The van der Waals surface area contributed by atoms with Crippen LogP contribution in [0.2, 0.25) is 0 Å². The largest absolute Gasteiger partial charge is 0.510 e. The molecule has 204 valence electrons. The van der Waals surface area contributed by atoms with Crippen molar-refractivity contribution >= 4 is 17.4 Å². The highest BCUT2D eigenvalue weighted by Gasteiger charge is 2.62. The van der Waals surface area contributed by atoms with Crippen LogP contribution in [0.25, 0.3) is 5.76 Å². The van der Waals surface area contributed by atoms with Crippen LogP contribution in [-0.2, 0) is 22.6 Å². The molecule has 0 aliphatic heterocycles. The van der Waals surface area contributed by atoms with E-state index in [-0.39, 0.29) is 47.4 Å². The number of hydrogen-bond donors (Lipinski definition) is 5. The van der Waals surface area contributed by atoms with Gasteiger partial charge in [-0.1, -0.05) is 13.0 Å². The lowest BCUT2D eigenvalue weighted by atomic mass is 9.56. The van der Waals surface area contributed by atoms with E-state index in [1.165, 1.54) is 6.07 Å². The van der Waals surface area contributed by atoms with Crippen LogP contribution in [-0.4, -0.2) is 80.7 Å². The van der Waals surface area contributed by atoms with E-state index in [1.807, 2.05) is 11.9 Å². The zero-order chi connectivity index (χ0) is 27.8. The summed E-state index contributed by atoms with van der Waals surface area (Å²) in [7, 11) is 5.16. The number of likely N-dealkylation sites (N-methyl/N-ethyl adjacent to an activating group) is 1. The molecule has 0 unspecified atom stereocenters. The van der Waals surface area contributed by atoms with Gasteiger partial charge in [-0.25, -0.2) is 4.39 Å². The second-order valence-electron chi connectivity index (χ2n) is 11.3. The molecule has 0 bridgehead atoms. The summed E-state index contributed by atoms with van der Waals surface area (Å²) in [5.41, 5.74) is 2.44. The van der Waals surface area contributed by atoms with Gasteiger partial charge in [0.05, 0.1) is 17.2 Å². The number of aromatic hydroxyl groups is 1. The van der Waals surface area contributed by atoms with E-state index in [1.54, 1.807) is 19.0 Å². The summed E-state index contributed by atoms with van der Waals surface area (Å²) in [6.07, 6.45) is 3.28. The fraction of sp³-hybridized carbons (Fsp3) is 0.500. The van der Waals surface area contributed by atoms with Crippen LogP contribution >= 0.6 is 0 Å². The molecule has 4 aliphatic carbocycles. The number of nitrogens with two attached hydrogens (primary N) is 1. The van der Waals surface area contributed by atoms with Gasteiger partial charge in [0.1, 0.15) is 23.1 Å². The second-order valence-corrected chi connectivity index (χ2v) is 11.3. The zero-order valence-electron chi connectivity index (χ0n) is 21.8. The van der Waals surface area contributed by atoms with Gasteiger partial charge in [-0.2, -0.15) is 0 Å². The first-order valence-corrected chi connectivity index (χ1v) is 12.8. The standard InChI is InChI=1S/C28H34FN3O6/c1-12-19(27(30)37)25(35)23(31(2)3)17-9-13-8-16-21(24(34)20(13)26(36)28(12,17)38)18(33)10-14(22(16)29)11-32(4)15-6-5-7-15/h10,13,15,17,23,33-35,38H,1,5-9,11H2,2-4H3,(H2,30,37)/t13-,17-,23-,28-/m0/s1. The number of fused-ring (bicyclic) bond motifs is 3. The monoisotopic (exact) mass is 527 g/mol. The normalized spacial score (nSPS) is 29.4. The first-order chi connectivity index (χ1) is 17.8. The highest BCUT2D eigenvalue weighted by molar-refractivity contribution is 6.13. The fourth-order valence-corrected chi connectivity index (χ4v) is 6.86. The number of amides is 1. The molecule has 9 nitrogen and oxygen atoms in total. The number of aliphatic hydroxyl groups excluding tert-OH is 2. The van der Waals surface area contributed by atoms with E-state index in [9.17, 15) is 30.0 Å². The Kier molecular flexibility index (Phi) is 6.20. The third-order valence-corrected chi connectivity index (χ3v) is 9.03.